The van der Waals surface area contributed by atoms with Gasteiger partial charge in [0.25, 0.3) is 0 Å². The minimum Gasteiger partial charge on any atom is -0.486 e. The number of nitrogens with zero attached hydrogens (tertiary/aromatic N) is 2. The smallest absolute Gasteiger partial charge is 0.339 e. The minimum absolute atomic E-state index is 0.154. The summed E-state index contributed by atoms with van der Waals surface area (Å²) in [6.45, 7) is 0.154. The van der Waals surface area contributed by atoms with E-state index in [2.05, 4.69) is 21.0 Å². The van der Waals surface area contributed by atoms with E-state index >= 15 is 0 Å². The van der Waals surface area contributed by atoms with Crippen LogP contribution >= 0.6 is 15.9 Å². The van der Waals surface area contributed by atoms with Gasteiger partial charge in [0, 0.05) is 7.05 Å². The van der Waals surface area contributed by atoms with Crippen LogP contribution in [0.1, 0.15) is 16.1 Å². The molecule has 1 aromatic heterocycles. The van der Waals surface area contributed by atoms with E-state index in [4.69, 9.17) is 9.84 Å². The fourth-order valence-electron chi connectivity index (χ4n) is 1.52. The third-order valence-electron chi connectivity index (χ3n) is 2.49. The Labute approximate surface area is 112 Å². The van der Waals surface area contributed by atoms with Crippen molar-refractivity contribution in [1.82, 2.24) is 9.78 Å². The largest absolute Gasteiger partial charge is 0.486 e. The molecule has 0 spiro atoms. The molecule has 18 heavy (non-hydrogen) atoms. The summed E-state index contributed by atoms with van der Waals surface area (Å²) in [5.41, 5.74) is 0.683. The van der Waals surface area contributed by atoms with Crippen LogP contribution in [-0.4, -0.2) is 20.9 Å². The molecule has 5 nitrogen and oxygen atoms in total. The van der Waals surface area contributed by atoms with Gasteiger partial charge in [0.15, 0.2) is 0 Å². The average molecular weight is 311 g/mol. The maximum Gasteiger partial charge on any atom is 0.339 e. The van der Waals surface area contributed by atoms with E-state index in [0.29, 0.717) is 11.4 Å². The van der Waals surface area contributed by atoms with Crippen molar-refractivity contribution in [2.45, 2.75) is 6.61 Å². The first kappa shape index (κ1) is 12.6. The lowest BCUT2D eigenvalue weighted by molar-refractivity contribution is 0.0693. The first-order valence-electron chi connectivity index (χ1n) is 5.21. The van der Waals surface area contributed by atoms with E-state index in [-0.39, 0.29) is 12.2 Å². The quantitative estimate of drug-likeness (QED) is 0.942. The maximum atomic E-state index is 11.0. The number of carbonyl (C=O) groups is 1. The normalized spacial score (nSPS) is 10.3. The second kappa shape index (κ2) is 5.22. The van der Waals surface area contributed by atoms with Crippen molar-refractivity contribution in [3.8, 4) is 5.75 Å². The Balaban J connectivity index is 2.18. The van der Waals surface area contributed by atoms with E-state index in [1.807, 2.05) is 18.2 Å². The van der Waals surface area contributed by atoms with Crippen LogP contribution in [-0.2, 0) is 13.7 Å². The Hall–Kier alpha value is -1.82. The molecule has 0 fully saturated rings. The summed E-state index contributed by atoms with van der Waals surface area (Å²) in [6, 6.07) is 7.39. The van der Waals surface area contributed by atoms with Gasteiger partial charge >= 0.3 is 5.97 Å². The Morgan fingerprint density at radius 1 is 1.50 bits per heavy atom. The number of halogens is 1. The molecule has 0 radical (unpaired) electrons. The third-order valence-corrected chi connectivity index (χ3v) is 3.15. The number of benzene rings is 1. The SMILES string of the molecule is Cn1ncc(C(=O)O)c1COc1ccccc1Br. The molecule has 2 rings (SSSR count). The standard InChI is InChI=1S/C12H11BrN2O3/c1-15-10(8(6-14-15)12(16)17)7-18-11-5-3-2-4-9(11)13/h2-6H,7H2,1H3,(H,16,17). The molecule has 1 heterocycles. The predicted molar refractivity (Wildman–Crippen MR) is 68.6 cm³/mol. The molecule has 6 heteroatoms. The van der Waals surface area contributed by atoms with Crippen LogP contribution in [0.2, 0.25) is 0 Å². The molecule has 0 amide bonds. The molecule has 2 aromatic rings. The highest BCUT2D eigenvalue weighted by Gasteiger charge is 2.15. The Morgan fingerprint density at radius 2 is 2.22 bits per heavy atom. The number of para-hydroxylation sites is 1. The number of carboxylic acids is 1. The van der Waals surface area contributed by atoms with Gasteiger partial charge in [-0.25, -0.2) is 4.79 Å². The summed E-state index contributed by atoms with van der Waals surface area (Å²) < 4.78 is 7.91. The zero-order valence-corrected chi connectivity index (χ0v) is 11.2. The van der Waals surface area contributed by atoms with Crippen molar-refractivity contribution < 1.29 is 14.6 Å². The molecule has 0 aliphatic rings. The van der Waals surface area contributed by atoms with E-state index in [1.54, 1.807) is 13.1 Å². The maximum absolute atomic E-state index is 11.0. The van der Waals surface area contributed by atoms with Gasteiger partial charge < -0.3 is 9.84 Å². The molecular weight excluding hydrogens is 300 g/mol. The van der Waals surface area contributed by atoms with Crippen LogP contribution in [0.4, 0.5) is 0 Å². The summed E-state index contributed by atoms with van der Waals surface area (Å²) in [5.74, 6) is -0.344. The summed E-state index contributed by atoms with van der Waals surface area (Å²) in [6.07, 6.45) is 1.32. The molecule has 94 valence electrons. The molecule has 0 saturated heterocycles. The van der Waals surface area contributed by atoms with Crippen molar-refractivity contribution >= 4 is 21.9 Å². The second-order valence-electron chi connectivity index (χ2n) is 3.65. The van der Waals surface area contributed by atoms with Crippen molar-refractivity contribution in [1.29, 1.82) is 0 Å². The van der Waals surface area contributed by atoms with E-state index in [1.165, 1.54) is 10.9 Å². The topological polar surface area (TPSA) is 64.4 Å². The lowest BCUT2D eigenvalue weighted by atomic mass is 10.2. The fraction of sp³-hybridized carbons (Fsp3) is 0.167. The molecular formula is C12H11BrN2O3. The number of aryl methyl sites for hydroxylation is 1. The predicted octanol–water partition coefficient (Wildman–Crippen LogP) is 2.46. The number of hydrogen-bond donors (Lipinski definition) is 1. The second-order valence-corrected chi connectivity index (χ2v) is 4.51. The molecule has 1 aromatic carbocycles. The van der Waals surface area contributed by atoms with Crippen LogP contribution in [0, 0.1) is 0 Å². The van der Waals surface area contributed by atoms with Crippen LogP contribution in [0.25, 0.3) is 0 Å². The highest BCUT2D eigenvalue weighted by molar-refractivity contribution is 9.10. The molecule has 0 unspecified atom stereocenters. The van der Waals surface area contributed by atoms with Crippen LogP contribution in [0.5, 0.6) is 5.75 Å². The van der Waals surface area contributed by atoms with Gasteiger partial charge in [0.2, 0.25) is 0 Å². The fourth-order valence-corrected chi connectivity index (χ4v) is 1.92. The Kier molecular flexibility index (Phi) is 3.66. The number of ether oxygens (including phenoxy) is 1. The van der Waals surface area contributed by atoms with Crippen LogP contribution in [0.15, 0.2) is 34.9 Å². The number of carboxylic acid groups (broad SMARTS) is 1. The van der Waals surface area contributed by atoms with Gasteiger partial charge in [-0.2, -0.15) is 5.10 Å². The van der Waals surface area contributed by atoms with Gasteiger partial charge in [-0.15, -0.1) is 0 Å². The van der Waals surface area contributed by atoms with E-state index in [0.717, 1.165) is 4.47 Å². The molecule has 0 bridgehead atoms. The lowest BCUT2D eigenvalue weighted by Gasteiger charge is -2.08. The minimum atomic E-state index is -1.01. The van der Waals surface area contributed by atoms with E-state index in [9.17, 15) is 4.79 Å². The zero-order valence-electron chi connectivity index (χ0n) is 9.63. The number of aromatic carboxylic acids is 1. The number of aromatic nitrogens is 2. The first-order chi connectivity index (χ1) is 8.59. The lowest BCUT2D eigenvalue weighted by Crippen LogP contribution is -2.08. The van der Waals surface area contributed by atoms with Gasteiger partial charge in [-0.05, 0) is 28.1 Å². The van der Waals surface area contributed by atoms with Crippen LogP contribution in [0.3, 0.4) is 0 Å². The van der Waals surface area contributed by atoms with Crippen molar-refractivity contribution in [3.05, 3.63) is 46.2 Å². The van der Waals surface area contributed by atoms with Gasteiger partial charge in [-0.1, -0.05) is 12.1 Å². The van der Waals surface area contributed by atoms with Crippen molar-refractivity contribution in [3.63, 3.8) is 0 Å². The van der Waals surface area contributed by atoms with Crippen molar-refractivity contribution in [2.24, 2.45) is 7.05 Å². The summed E-state index contributed by atoms with van der Waals surface area (Å²) >= 11 is 3.36. The zero-order chi connectivity index (χ0) is 13.1. The summed E-state index contributed by atoms with van der Waals surface area (Å²) in [5, 5.41) is 12.9. The molecule has 0 atom stereocenters. The van der Waals surface area contributed by atoms with Crippen molar-refractivity contribution in [2.75, 3.05) is 0 Å². The van der Waals surface area contributed by atoms with Gasteiger partial charge in [0.05, 0.1) is 16.4 Å². The molecule has 0 saturated carbocycles. The highest BCUT2D eigenvalue weighted by atomic mass is 79.9. The third kappa shape index (κ3) is 2.53. The highest BCUT2D eigenvalue weighted by Crippen LogP contribution is 2.25. The van der Waals surface area contributed by atoms with Crippen LogP contribution < -0.4 is 4.74 Å². The Bertz CT molecular complexity index is 580. The summed E-state index contributed by atoms with van der Waals surface area (Å²) in [4.78, 5) is 11.0. The van der Waals surface area contributed by atoms with E-state index < -0.39 is 5.97 Å². The monoisotopic (exact) mass is 310 g/mol. The Morgan fingerprint density at radius 3 is 2.89 bits per heavy atom. The number of rotatable bonds is 4. The molecule has 0 aliphatic carbocycles. The average Bonchev–Trinajstić information content (AvgIpc) is 2.70. The molecule has 0 aliphatic heterocycles. The molecule has 1 N–H and O–H groups in total. The van der Waals surface area contributed by atoms with Gasteiger partial charge in [0.1, 0.15) is 17.9 Å². The number of hydrogen-bond acceptors (Lipinski definition) is 3. The summed E-state index contributed by atoms with van der Waals surface area (Å²) in [7, 11) is 1.69. The first-order valence-corrected chi connectivity index (χ1v) is 6.00. The van der Waals surface area contributed by atoms with Gasteiger partial charge in [-0.3, -0.25) is 4.68 Å².